The summed E-state index contributed by atoms with van der Waals surface area (Å²) >= 11 is 0. The Labute approximate surface area is 150 Å². The van der Waals surface area contributed by atoms with Gasteiger partial charge in [-0.1, -0.05) is 45.4 Å². The molecule has 6 heteroatoms. The molecule has 2 rings (SSSR count). The molecule has 25 heavy (non-hydrogen) atoms. The minimum Gasteiger partial charge on any atom is -0.378 e. The van der Waals surface area contributed by atoms with Crippen molar-refractivity contribution >= 4 is 11.6 Å². The van der Waals surface area contributed by atoms with E-state index in [1.165, 1.54) is 4.90 Å². The van der Waals surface area contributed by atoms with Gasteiger partial charge in [0.25, 0.3) is 5.91 Å². The van der Waals surface area contributed by atoms with Gasteiger partial charge in [0, 0.05) is 25.8 Å². The SMILES string of the molecule is CCCNC1=C(NCC(C)CC)N(C)C(O)N(c2ccccc2)C1=O. The standard InChI is InChI=1S/C19H30N4O2/c1-5-12-20-16-17(21-13-14(3)6-2)22(4)19(25)23(18(16)24)15-10-8-7-9-11-15/h7-11,14,19-21,25H,5-6,12-13H2,1-4H3. The Morgan fingerprint density at radius 2 is 1.88 bits per heavy atom. The van der Waals surface area contributed by atoms with Crippen molar-refractivity contribution in [2.45, 2.75) is 40.0 Å². The molecule has 1 aromatic rings. The molecule has 0 bridgehead atoms. The van der Waals surface area contributed by atoms with Gasteiger partial charge in [0.15, 0.2) is 0 Å². The molecule has 0 radical (unpaired) electrons. The zero-order valence-electron chi connectivity index (χ0n) is 15.6. The van der Waals surface area contributed by atoms with Crippen molar-refractivity contribution in [1.82, 2.24) is 15.5 Å². The van der Waals surface area contributed by atoms with Crippen LogP contribution < -0.4 is 15.5 Å². The van der Waals surface area contributed by atoms with E-state index < -0.39 is 6.35 Å². The molecule has 1 heterocycles. The predicted octanol–water partition coefficient (Wildman–Crippen LogP) is 2.05. The second-order valence-corrected chi connectivity index (χ2v) is 6.51. The second kappa shape index (κ2) is 8.76. The third kappa shape index (κ3) is 4.25. The molecule has 1 amide bonds. The third-order valence-electron chi connectivity index (χ3n) is 4.50. The number of benzene rings is 1. The van der Waals surface area contributed by atoms with Crippen LogP contribution in [0.1, 0.15) is 33.6 Å². The van der Waals surface area contributed by atoms with Gasteiger partial charge in [0.2, 0.25) is 6.35 Å². The lowest BCUT2D eigenvalue weighted by atomic mass is 10.1. The van der Waals surface area contributed by atoms with Crippen LogP contribution in [0, 0.1) is 5.92 Å². The molecule has 2 unspecified atom stereocenters. The number of aliphatic hydroxyl groups excluding tert-OH is 1. The molecule has 138 valence electrons. The third-order valence-corrected chi connectivity index (χ3v) is 4.50. The first kappa shape index (κ1) is 19.1. The number of carbonyl (C=O) groups excluding carboxylic acids is 1. The lowest BCUT2D eigenvalue weighted by Crippen LogP contribution is -2.58. The van der Waals surface area contributed by atoms with Crippen LogP contribution in [0.4, 0.5) is 5.69 Å². The van der Waals surface area contributed by atoms with E-state index in [1.807, 2.05) is 30.3 Å². The number of nitrogens with zero attached hydrogens (tertiary/aromatic N) is 2. The maximum atomic E-state index is 13.1. The molecule has 6 nitrogen and oxygen atoms in total. The van der Waals surface area contributed by atoms with Gasteiger partial charge in [-0.05, 0) is 24.5 Å². The Morgan fingerprint density at radius 1 is 1.20 bits per heavy atom. The quantitative estimate of drug-likeness (QED) is 0.672. The lowest BCUT2D eigenvalue weighted by Gasteiger charge is -2.42. The van der Waals surface area contributed by atoms with Crippen molar-refractivity contribution in [2.75, 3.05) is 25.0 Å². The van der Waals surface area contributed by atoms with E-state index in [0.717, 1.165) is 19.4 Å². The summed E-state index contributed by atoms with van der Waals surface area (Å²) in [6.07, 6.45) is 0.906. The van der Waals surface area contributed by atoms with Crippen molar-refractivity contribution in [3.63, 3.8) is 0 Å². The highest BCUT2D eigenvalue weighted by Gasteiger charge is 2.37. The zero-order chi connectivity index (χ0) is 18.4. The van der Waals surface area contributed by atoms with Crippen molar-refractivity contribution in [3.05, 3.63) is 41.8 Å². The van der Waals surface area contributed by atoms with E-state index in [1.54, 1.807) is 11.9 Å². The van der Waals surface area contributed by atoms with Crippen LogP contribution in [0.3, 0.4) is 0 Å². The molecule has 1 aromatic carbocycles. The van der Waals surface area contributed by atoms with E-state index in [0.29, 0.717) is 29.7 Å². The van der Waals surface area contributed by atoms with Gasteiger partial charge in [-0.2, -0.15) is 0 Å². The van der Waals surface area contributed by atoms with Crippen molar-refractivity contribution < 1.29 is 9.90 Å². The van der Waals surface area contributed by atoms with E-state index in [2.05, 4.69) is 31.4 Å². The van der Waals surface area contributed by atoms with Crippen LogP contribution in [0.5, 0.6) is 0 Å². The Hall–Kier alpha value is -2.21. The van der Waals surface area contributed by atoms with E-state index >= 15 is 0 Å². The number of carbonyl (C=O) groups is 1. The van der Waals surface area contributed by atoms with Gasteiger partial charge in [0.05, 0.1) is 0 Å². The molecule has 3 N–H and O–H groups in total. The number of rotatable bonds is 8. The molecular formula is C19H30N4O2. The molecule has 2 atom stereocenters. The van der Waals surface area contributed by atoms with Crippen LogP contribution in [-0.2, 0) is 4.79 Å². The molecule has 0 aromatic heterocycles. The van der Waals surface area contributed by atoms with Gasteiger partial charge >= 0.3 is 0 Å². The summed E-state index contributed by atoms with van der Waals surface area (Å²) in [4.78, 5) is 16.2. The fraction of sp³-hybridized carbons (Fsp3) is 0.526. The van der Waals surface area contributed by atoms with Crippen LogP contribution >= 0.6 is 0 Å². The fourth-order valence-electron chi connectivity index (χ4n) is 2.67. The summed E-state index contributed by atoms with van der Waals surface area (Å²) in [5.74, 6) is 0.906. The maximum absolute atomic E-state index is 13.1. The highest BCUT2D eigenvalue weighted by atomic mass is 16.3. The molecule has 1 aliphatic heterocycles. The van der Waals surface area contributed by atoms with Gasteiger partial charge in [-0.3, -0.25) is 9.69 Å². The Morgan fingerprint density at radius 3 is 2.48 bits per heavy atom. The number of anilines is 1. The monoisotopic (exact) mass is 346 g/mol. The largest absolute Gasteiger partial charge is 0.378 e. The minimum atomic E-state index is -1.05. The summed E-state index contributed by atoms with van der Waals surface area (Å²) in [6.45, 7) is 7.80. The zero-order valence-corrected chi connectivity index (χ0v) is 15.6. The minimum absolute atomic E-state index is 0.225. The number of hydrogen-bond donors (Lipinski definition) is 3. The number of amides is 1. The van der Waals surface area contributed by atoms with E-state index in [-0.39, 0.29) is 5.91 Å². The summed E-state index contributed by atoms with van der Waals surface area (Å²) in [5.41, 5.74) is 1.17. The fourth-order valence-corrected chi connectivity index (χ4v) is 2.67. The van der Waals surface area contributed by atoms with Gasteiger partial charge in [0.1, 0.15) is 11.5 Å². The molecule has 1 aliphatic rings. The smallest absolute Gasteiger partial charge is 0.281 e. The number of para-hydroxylation sites is 1. The Bertz CT molecular complexity index is 603. The Kier molecular flexibility index (Phi) is 6.70. The van der Waals surface area contributed by atoms with Crippen LogP contribution in [0.15, 0.2) is 41.8 Å². The van der Waals surface area contributed by atoms with Crippen LogP contribution in [0.2, 0.25) is 0 Å². The molecule has 0 saturated heterocycles. The number of aliphatic hydroxyl groups is 1. The Balaban J connectivity index is 2.36. The van der Waals surface area contributed by atoms with Gasteiger partial charge < -0.3 is 20.6 Å². The number of nitrogens with one attached hydrogen (secondary N) is 2. The second-order valence-electron chi connectivity index (χ2n) is 6.51. The van der Waals surface area contributed by atoms with E-state index in [9.17, 15) is 9.90 Å². The molecular weight excluding hydrogens is 316 g/mol. The first-order valence-electron chi connectivity index (χ1n) is 9.02. The number of hydrogen-bond acceptors (Lipinski definition) is 5. The normalized spacial score (nSPS) is 19.2. The summed E-state index contributed by atoms with van der Waals surface area (Å²) < 4.78 is 0. The topological polar surface area (TPSA) is 67.8 Å². The molecule has 0 aliphatic carbocycles. The molecule has 0 spiro atoms. The average Bonchev–Trinajstić information content (AvgIpc) is 2.63. The first-order chi connectivity index (χ1) is 12.0. The average molecular weight is 346 g/mol. The highest BCUT2D eigenvalue weighted by molar-refractivity contribution is 6.06. The molecule has 0 saturated carbocycles. The summed E-state index contributed by atoms with van der Waals surface area (Å²) in [7, 11) is 1.79. The molecule has 0 fully saturated rings. The van der Waals surface area contributed by atoms with Crippen LogP contribution in [-0.4, -0.2) is 42.4 Å². The van der Waals surface area contributed by atoms with Crippen molar-refractivity contribution in [2.24, 2.45) is 5.92 Å². The predicted molar refractivity (Wildman–Crippen MR) is 100 cm³/mol. The summed E-state index contributed by atoms with van der Waals surface area (Å²) in [6, 6.07) is 9.25. The highest BCUT2D eigenvalue weighted by Crippen LogP contribution is 2.26. The van der Waals surface area contributed by atoms with Crippen molar-refractivity contribution in [1.29, 1.82) is 0 Å². The maximum Gasteiger partial charge on any atom is 0.281 e. The lowest BCUT2D eigenvalue weighted by molar-refractivity contribution is -0.121. The van der Waals surface area contributed by atoms with Gasteiger partial charge in [-0.25, -0.2) is 0 Å². The van der Waals surface area contributed by atoms with E-state index in [4.69, 9.17) is 0 Å². The van der Waals surface area contributed by atoms with Gasteiger partial charge in [-0.15, -0.1) is 0 Å². The summed E-state index contributed by atoms with van der Waals surface area (Å²) in [5, 5.41) is 17.3. The van der Waals surface area contributed by atoms with Crippen LogP contribution in [0.25, 0.3) is 0 Å². The van der Waals surface area contributed by atoms with Crippen molar-refractivity contribution in [3.8, 4) is 0 Å². The first-order valence-corrected chi connectivity index (χ1v) is 9.02.